The fourth-order valence-electron chi connectivity index (χ4n) is 1.97. The second-order valence-corrected chi connectivity index (χ2v) is 5.45. The largest absolute Gasteiger partial charge is 0.389 e. The average molecular weight is 208 g/mol. The van der Waals surface area contributed by atoms with E-state index < -0.39 is 5.60 Å². The highest BCUT2D eigenvalue weighted by Crippen LogP contribution is 2.41. The summed E-state index contributed by atoms with van der Waals surface area (Å²) in [6.07, 6.45) is 3.22. The Bertz CT molecular complexity index is 294. The van der Waals surface area contributed by atoms with Gasteiger partial charge in [0.25, 0.3) is 0 Å². The zero-order chi connectivity index (χ0) is 10.0. The first kappa shape index (κ1) is 10.1. The number of hydrogen-bond donors (Lipinski definition) is 1. The van der Waals surface area contributed by atoms with Crippen LogP contribution in [0.2, 0.25) is 0 Å². The molecule has 0 aliphatic heterocycles. The zero-order valence-corrected chi connectivity index (χ0v) is 9.26. The highest BCUT2D eigenvalue weighted by atomic mass is 32.2. The van der Waals surface area contributed by atoms with Gasteiger partial charge in [0.05, 0.1) is 5.60 Å². The van der Waals surface area contributed by atoms with Crippen molar-refractivity contribution in [2.24, 2.45) is 0 Å². The smallest absolute Gasteiger partial charge is 0.0741 e. The van der Waals surface area contributed by atoms with E-state index >= 15 is 0 Å². The van der Waals surface area contributed by atoms with Crippen LogP contribution >= 0.6 is 11.8 Å². The van der Waals surface area contributed by atoms with Crippen LogP contribution in [-0.2, 0) is 0 Å². The van der Waals surface area contributed by atoms with Crippen LogP contribution in [0.15, 0.2) is 35.2 Å². The molecule has 14 heavy (non-hydrogen) atoms. The summed E-state index contributed by atoms with van der Waals surface area (Å²) in [5, 5.41) is 10.5. The molecule has 1 aliphatic rings. The Balaban J connectivity index is 2.05. The van der Waals surface area contributed by atoms with Crippen molar-refractivity contribution in [3.8, 4) is 0 Å². The number of aliphatic hydroxyl groups is 1. The van der Waals surface area contributed by atoms with Crippen molar-refractivity contribution in [1.82, 2.24) is 0 Å². The van der Waals surface area contributed by atoms with Crippen molar-refractivity contribution in [2.75, 3.05) is 0 Å². The summed E-state index contributed by atoms with van der Waals surface area (Å²) in [6, 6.07) is 10.3. The summed E-state index contributed by atoms with van der Waals surface area (Å²) in [5.74, 6) is 0. The zero-order valence-electron chi connectivity index (χ0n) is 8.44. The Morgan fingerprint density at radius 2 is 2.07 bits per heavy atom. The first-order valence-electron chi connectivity index (χ1n) is 5.12. The maximum atomic E-state index is 10.1. The van der Waals surface area contributed by atoms with Gasteiger partial charge in [-0.1, -0.05) is 18.2 Å². The second-order valence-electron chi connectivity index (χ2n) is 4.17. The predicted octanol–water partition coefficient (Wildman–Crippen LogP) is 3.08. The minimum atomic E-state index is -0.472. The Labute approximate surface area is 89.5 Å². The maximum Gasteiger partial charge on any atom is 0.0741 e. The SMILES string of the molecule is CC1(O)CCCC1Sc1ccccc1. The topological polar surface area (TPSA) is 20.2 Å². The van der Waals surface area contributed by atoms with E-state index in [1.807, 2.05) is 36.9 Å². The molecule has 1 fully saturated rings. The van der Waals surface area contributed by atoms with E-state index in [0.29, 0.717) is 5.25 Å². The molecule has 2 atom stereocenters. The molecular formula is C12H16OS. The molecule has 2 unspecified atom stereocenters. The standard InChI is InChI=1S/C12H16OS/c1-12(13)9-5-8-11(12)14-10-6-3-2-4-7-10/h2-4,6-7,11,13H,5,8-9H2,1H3. The molecule has 0 radical (unpaired) electrons. The quantitative estimate of drug-likeness (QED) is 0.806. The number of thioether (sulfide) groups is 1. The molecule has 1 N–H and O–H groups in total. The Morgan fingerprint density at radius 3 is 2.64 bits per heavy atom. The lowest BCUT2D eigenvalue weighted by molar-refractivity contribution is 0.0734. The van der Waals surface area contributed by atoms with Crippen LogP contribution in [0.5, 0.6) is 0 Å². The molecule has 2 heteroatoms. The molecule has 0 aromatic heterocycles. The molecule has 1 aliphatic carbocycles. The highest BCUT2D eigenvalue weighted by Gasteiger charge is 2.37. The Kier molecular flexibility index (Phi) is 2.84. The van der Waals surface area contributed by atoms with E-state index in [0.717, 1.165) is 19.3 Å². The molecule has 1 nitrogen and oxygen atoms in total. The molecule has 0 bridgehead atoms. The van der Waals surface area contributed by atoms with Crippen LogP contribution in [-0.4, -0.2) is 16.0 Å². The van der Waals surface area contributed by atoms with Gasteiger partial charge in [-0.05, 0) is 38.3 Å². The minimum absolute atomic E-state index is 0.366. The van der Waals surface area contributed by atoms with E-state index in [1.165, 1.54) is 4.90 Å². The molecule has 0 saturated heterocycles. The van der Waals surface area contributed by atoms with Gasteiger partial charge in [-0.15, -0.1) is 11.8 Å². The fourth-order valence-corrected chi connectivity index (χ4v) is 3.27. The third kappa shape index (κ3) is 2.12. The second kappa shape index (κ2) is 3.95. The van der Waals surface area contributed by atoms with Crippen molar-refractivity contribution >= 4 is 11.8 Å². The molecule has 0 spiro atoms. The summed E-state index contributed by atoms with van der Waals surface area (Å²) in [6.45, 7) is 1.96. The van der Waals surface area contributed by atoms with Crippen molar-refractivity contribution in [3.63, 3.8) is 0 Å². The fraction of sp³-hybridized carbons (Fsp3) is 0.500. The van der Waals surface area contributed by atoms with Crippen LogP contribution in [0.3, 0.4) is 0 Å². The summed E-state index contributed by atoms with van der Waals surface area (Å²) in [4.78, 5) is 1.26. The van der Waals surface area contributed by atoms with Crippen molar-refractivity contribution in [2.45, 2.75) is 41.9 Å². The maximum absolute atomic E-state index is 10.1. The van der Waals surface area contributed by atoms with Crippen LogP contribution in [0.4, 0.5) is 0 Å². The van der Waals surface area contributed by atoms with Gasteiger partial charge in [0, 0.05) is 10.1 Å². The molecule has 2 rings (SSSR count). The third-order valence-corrected chi connectivity index (χ3v) is 4.44. The van der Waals surface area contributed by atoms with Gasteiger partial charge in [-0.2, -0.15) is 0 Å². The lowest BCUT2D eigenvalue weighted by Gasteiger charge is -2.24. The van der Waals surface area contributed by atoms with Gasteiger partial charge in [-0.25, -0.2) is 0 Å². The van der Waals surface area contributed by atoms with Gasteiger partial charge in [0.1, 0.15) is 0 Å². The number of benzene rings is 1. The molecule has 1 saturated carbocycles. The first-order chi connectivity index (χ1) is 6.68. The van der Waals surface area contributed by atoms with E-state index in [2.05, 4.69) is 12.1 Å². The van der Waals surface area contributed by atoms with Crippen LogP contribution in [0.1, 0.15) is 26.2 Å². The van der Waals surface area contributed by atoms with Crippen LogP contribution in [0.25, 0.3) is 0 Å². The third-order valence-electron chi connectivity index (χ3n) is 2.86. The summed E-state index contributed by atoms with van der Waals surface area (Å²) < 4.78 is 0. The van der Waals surface area contributed by atoms with E-state index in [4.69, 9.17) is 0 Å². The van der Waals surface area contributed by atoms with Gasteiger partial charge in [-0.3, -0.25) is 0 Å². The summed E-state index contributed by atoms with van der Waals surface area (Å²) in [7, 11) is 0. The van der Waals surface area contributed by atoms with Crippen molar-refractivity contribution in [3.05, 3.63) is 30.3 Å². The van der Waals surface area contributed by atoms with Gasteiger partial charge >= 0.3 is 0 Å². The monoisotopic (exact) mass is 208 g/mol. The number of rotatable bonds is 2. The lowest BCUT2D eigenvalue weighted by atomic mass is 10.1. The van der Waals surface area contributed by atoms with E-state index in [9.17, 15) is 5.11 Å². The summed E-state index contributed by atoms with van der Waals surface area (Å²) >= 11 is 1.81. The average Bonchev–Trinajstić information content (AvgIpc) is 2.48. The molecule has 0 heterocycles. The predicted molar refractivity (Wildman–Crippen MR) is 60.6 cm³/mol. The molecule has 0 amide bonds. The Hall–Kier alpha value is -0.470. The first-order valence-corrected chi connectivity index (χ1v) is 6.00. The molecule has 1 aromatic rings. The lowest BCUT2D eigenvalue weighted by Crippen LogP contribution is -2.30. The van der Waals surface area contributed by atoms with Crippen molar-refractivity contribution < 1.29 is 5.11 Å². The van der Waals surface area contributed by atoms with Crippen LogP contribution in [0, 0.1) is 0 Å². The molecule has 1 aromatic carbocycles. The van der Waals surface area contributed by atoms with Crippen LogP contribution < -0.4 is 0 Å². The van der Waals surface area contributed by atoms with E-state index in [-0.39, 0.29) is 0 Å². The van der Waals surface area contributed by atoms with Gasteiger partial charge in [0.15, 0.2) is 0 Å². The Morgan fingerprint density at radius 1 is 1.36 bits per heavy atom. The molecular weight excluding hydrogens is 192 g/mol. The number of hydrogen-bond acceptors (Lipinski definition) is 2. The van der Waals surface area contributed by atoms with Gasteiger partial charge in [0.2, 0.25) is 0 Å². The normalized spacial score (nSPS) is 32.0. The minimum Gasteiger partial charge on any atom is -0.389 e. The van der Waals surface area contributed by atoms with Gasteiger partial charge < -0.3 is 5.11 Å². The molecule has 76 valence electrons. The highest BCUT2D eigenvalue weighted by molar-refractivity contribution is 8.00. The van der Waals surface area contributed by atoms with E-state index in [1.54, 1.807) is 0 Å². The summed E-state index contributed by atoms with van der Waals surface area (Å²) in [5.41, 5.74) is -0.472. The van der Waals surface area contributed by atoms with Crippen molar-refractivity contribution in [1.29, 1.82) is 0 Å².